The van der Waals surface area contributed by atoms with E-state index >= 15 is 0 Å². The Hall–Kier alpha value is -2.90. The van der Waals surface area contributed by atoms with Gasteiger partial charge in [-0.25, -0.2) is 0 Å². The molecule has 1 fully saturated rings. The zero-order valence-corrected chi connectivity index (χ0v) is 16.7. The van der Waals surface area contributed by atoms with Gasteiger partial charge in [-0.1, -0.05) is 41.9 Å². The first kappa shape index (κ1) is 19.4. The molecule has 1 aliphatic heterocycles. The monoisotopic (exact) mass is 411 g/mol. The fourth-order valence-electron chi connectivity index (χ4n) is 3.49. The lowest BCUT2D eigenvalue weighted by Gasteiger charge is -2.34. The molecule has 29 heavy (non-hydrogen) atoms. The number of aromatic amines is 1. The molecule has 2 aromatic carbocycles. The van der Waals surface area contributed by atoms with E-state index in [2.05, 4.69) is 20.4 Å². The number of aromatic nitrogens is 2. The molecule has 2 amide bonds. The lowest BCUT2D eigenvalue weighted by molar-refractivity contribution is -0.122. The largest absolute Gasteiger partial charge is 0.351 e. The molecule has 2 heterocycles. The van der Waals surface area contributed by atoms with Crippen LogP contribution >= 0.6 is 11.6 Å². The molecule has 1 aliphatic rings. The van der Waals surface area contributed by atoms with Crippen LogP contribution in [-0.4, -0.2) is 64.5 Å². The Morgan fingerprint density at radius 3 is 2.66 bits per heavy atom. The minimum absolute atomic E-state index is 0.0388. The van der Waals surface area contributed by atoms with Crippen LogP contribution < -0.4 is 5.32 Å². The van der Waals surface area contributed by atoms with E-state index in [1.807, 2.05) is 42.5 Å². The molecule has 2 N–H and O–H groups in total. The highest BCUT2D eigenvalue weighted by atomic mass is 35.5. The maximum atomic E-state index is 12.8. The van der Waals surface area contributed by atoms with Crippen molar-refractivity contribution in [2.75, 3.05) is 32.7 Å². The summed E-state index contributed by atoms with van der Waals surface area (Å²) >= 11 is 5.96. The van der Waals surface area contributed by atoms with Crippen LogP contribution in [0.5, 0.6) is 0 Å². The van der Waals surface area contributed by atoms with Gasteiger partial charge in [0, 0.05) is 43.1 Å². The number of rotatable bonds is 5. The molecule has 0 bridgehead atoms. The van der Waals surface area contributed by atoms with Crippen molar-refractivity contribution in [3.05, 3.63) is 64.8 Å². The first-order valence-electron chi connectivity index (χ1n) is 9.56. The fourth-order valence-corrected chi connectivity index (χ4v) is 3.70. The number of piperazine rings is 1. The Bertz CT molecular complexity index is 1030. The standard InChI is InChI=1S/C21H22ClN5O2/c22-16-5-3-4-15(12-16)13-23-19(28)14-26-8-10-27(11-9-26)21(29)20-17-6-1-2-7-18(17)24-25-20/h1-7,12H,8-11,13-14H2,(H,23,28)(H,24,25). The lowest BCUT2D eigenvalue weighted by atomic mass is 10.2. The van der Waals surface area contributed by atoms with Crippen LogP contribution in [0.4, 0.5) is 0 Å². The van der Waals surface area contributed by atoms with Crippen LogP contribution in [0, 0.1) is 0 Å². The normalized spacial score (nSPS) is 14.9. The fraction of sp³-hybridized carbons (Fsp3) is 0.286. The maximum absolute atomic E-state index is 12.8. The number of nitrogens with zero attached hydrogens (tertiary/aromatic N) is 3. The molecule has 0 aliphatic carbocycles. The zero-order chi connectivity index (χ0) is 20.2. The van der Waals surface area contributed by atoms with E-state index in [0.29, 0.717) is 50.0 Å². The van der Waals surface area contributed by atoms with Gasteiger partial charge in [0.1, 0.15) is 0 Å². The molecule has 0 atom stereocenters. The van der Waals surface area contributed by atoms with E-state index in [0.717, 1.165) is 16.5 Å². The molecule has 150 valence electrons. The second-order valence-electron chi connectivity index (χ2n) is 7.09. The summed E-state index contributed by atoms with van der Waals surface area (Å²) in [7, 11) is 0. The summed E-state index contributed by atoms with van der Waals surface area (Å²) in [6, 6.07) is 15.0. The van der Waals surface area contributed by atoms with Crippen molar-refractivity contribution in [2.45, 2.75) is 6.54 Å². The second-order valence-corrected chi connectivity index (χ2v) is 7.53. The van der Waals surface area contributed by atoms with Crippen molar-refractivity contribution in [1.29, 1.82) is 0 Å². The van der Waals surface area contributed by atoms with Crippen molar-refractivity contribution in [2.24, 2.45) is 0 Å². The number of hydrogen-bond acceptors (Lipinski definition) is 4. The molecule has 1 aromatic heterocycles. The summed E-state index contributed by atoms with van der Waals surface area (Å²) in [5.41, 5.74) is 2.27. The number of carbonyl (C=O) groups excluding carboxylic acids is 2. The smallest absolute Gasteiger partial charge is 0.275 e. The number of hydrogen-bond donors (Lipinski definition) is 2. The van der Waals surface area contributed by atoms with Crippen molar-refractivity contribution in [1.82, 2.24) is 25.3 Å². The topological polar surface area (TPSA) is 81.3 Å². The van der Waals surface area contributed by atoms with Gasteiger partial charge in [0.2, 0.25) is 5.91 Å². The summed E-state index contributed by atoms with van der Waals surface area (Å²) in [4.78, 5) is 28.9. The molecule has 0 radical (unpaired) electrons. The van der Waals surface area contributed by atoms with Gasteiger partial charge in [-0.15, -0.1) is 0 Å². The second kappa shape index (κ2) is 8.63. The Kier molecular flexibility index (Phi) is 5.78. The van der Waals surface area contributed by atoms with Gasteiger partial charge in [0.05, 0.1) is 12.1 Å². The highest BCUT2D eigenvalue weighted by Crippen LogP contribution is 2.17. The van der Waals surface area contributed by atoms with Gasteiger partial charge in [0.25, 0.3) is 5.91 Å². The molecule has 1 saturated heterocycles. The van der Waals surface area contributed by atoms with E-state index in [1.165, 1.54) is 0 Å². The van der Waals surface area contributed by atoms with Gasteiger partial charge in [-0.3, -0.25) is 19.6 Å². The minimum atomic E-state index is -0.0764. The summed E-state index contributed by atoms with van der Waals surface area (Å²) < 4.78 is 0. The molecule has 0 unspecified atom stereocenters. The highest BCUT2D eigenvalue weighted by Gasteiger charge is 2.25. The summed E-state index contributed by atoms with van der Waals surface area (Å²) in [5.74, 6) is -0.115. The van der Waals surface area contributed by atoms with Crippen LogP contribution in [-0.2, 0) is 11.3 Å². The number of H-pyrrole nitrogens is 1. The van der Waals surface area contributed by atoms with E-state index < -0.39 is 0 Å². The average Bonchev–Trinajstić information content (AvgIpc) is 3.17. The van der Waals surface area contributed by atoms with Crippen LogP contribution in [0.15, 0.2) is 48.5 Å². The predicted octanol–water partition coefficient (Wildman–Crippen LogP) is 2.29. The number of fused-ring (bicyclic) bond motifs is 1. The predicted molar refractivity (Wildman–Crippen MR) is 112 cm³/mol. The van der Waals surface area contributed by atoms with Crippen molar-refractivity contribution < 1.29 is 9.59 Å². The highest BCUT2D eigenvalue weighted by molar-refractivity contribution is 6.30. The maximum Gasteiger partial charge on any atom is 0.275 e. The molecule has 8 heteroatoms. The number of nitrogens with one attached hydrogen (secondary N) is 2. The molecule has 4 rings (SSSR count). The van der Waals surface area contributed by atoms with Crippen molar-refractivity contribution in [3.8, 4) is 0 Å². The zero-order valence-electron chi connectivity index (χ0n) is 15.9. The van der Waals surface area contributed by atoms with Crippen LogP contribution in [0.25, 0.3) is 10.9 Å². The van der Waals surface area contributed by atoms with Gasteiger partial charge < -0.3 is 10.2 Å². The Balaban J connectivity index is 1.27. The molecular formula is C21H22ClN5O2. The summed E-state index contributed by atoms with van der Waals surface area (Å²) in [6.07, 6.45) is 0. The molecular weight excluding hydrogens is 390 g/mol. The molecule has 3 aromatic rings. The molecule has 0 saturated carbocycles. The van der Waals surface area contributed by atoms with Crippen LogP contribution in [0.2, 0.25) is 5.02 Å². The van der Waals surface area contributed by atoms with Crippen molar-refractivity contribution >= 4 is 34.3 Å². The number of halogens is 1. The van der Waals surface area contributed by atoms with E-state index in [9.17, 15) is 9.59 Å². The first-order valence-corrected chi connectivity index (χ1v) is 9.94. The first-order chi connectivity index (χ1) is 14.1. The van der Waals surface area contributed by atoms with E-state index in [-0.39, 0.29) is 11.8 Å². The minimum Gasteiger partial charge on any atom is -0.351 e. The van der Waals surface area contributed by atoms with Gasteiger partial charge in [-0.2, -0.15) is 5.10 Å². The average molecular weight is 412 g/mol. The molecule has 7 nitrogen and oxygen atoms in total. The summed E-state index contributed by atoms with van der Waals surface area (Å²) in [6.45, 7) is 3.21. The third-order valence-electron chi connectivity index (χ3n) is 5.08. The van der Waals surface area contributed by atoms with E-state index in [1.54, 1.807) is 11.0 Å². The van der Waals surface area contributed by atoms with Crippen molar-refractivity contribution in [3.63, 3.8) is 0 Å². The van der Waals surface area contributed by atoms with Gasteiger partial charge in [0.15, 0.2) is 5.69 Å². The van der Waals surface area contributed by atoms with Gasteiger partial charge >= 0.3 is 0 Å². The Morgan fingerprint density at radius 2 is 1.86 bits per heavy atom. The Labute approximate surface area is 173 Å². The van der Waals surface area contributed by atoms with Crippen LogP contribution in [0.1, 0.15) is 16.1 Å². The SMILES string of the molecule is O=C(CN1CCN(C(=O)c2n[nH]c3ccccc23)CC1)NCc1cccc(Cl)c1. The van der Waals surface area contributed by atoms with Crippen LogP contribution in [0.3, 0.4) is 0 Å². The third-order valence-corrected chi connectivity index (χ3v) is 5.31. The number of carbonyl (C=O) groups is 2. The van der Waals surface area contributed by atoms with E-state index in [4.69, 9.17) is 11.6 Å². The Morgan fingerprint density at radius 1 is 1.07 bits per heavy atom. The molecule has 0 spiro atoms. The number of para-hydroxylation sites is 1. The van der Waals surface area contributed by atoms with Gasteiger partial charge in [-0.05, 0) is 23.8 Å². The summed E-state index contributed by atoms with van der Waals surface area (Å²) in [5, 5.41) is 11.5. The third kappa shape index (κ3) is 4.58. The lowest BCUT2D eigenvalue weighted by Crippen LogP contribution is -2.51. The number of benzene rings is 2. The quantitative estimate of drug-likeness (QED) is 0.675. The number of amides is 2.